The number of hydrogen-bond acceptors (Lipinski definition) is 3. The highest BCUT2D eigenvalue weighted by atomic mass is 16.1. The van der Waals surface area contributed by atoms with Crippen LogP contribution < -0.4 is 16.0 Å². The van der Waals surface area contributed by atoms with Gasteiger partial charge in [0.15, 0.2) is 5.96 Å². The second-order valence-corrected chi connectivity index (χ2v) is 6.76. The maximum absolute atomic E-state index is 11.4. The van der Waals surface area contributed by atoms with Gasteiger partial charge in [-0.05, 0) is 25.2 Å². The lowest BCUT2D eigenvalue weighted by Crippen LogP contribution is -2.50. The molecule has 0 aromatic rings. The molecule has 0 atom stereocenters. The number of piperidine rings is 1. The first kappa shape index (κ1) is 19.7. The van der Waals surface area contributed by atoms with Crippen molar-refractivity contribution in [2.24, 2.45) is 10.9 Å². The summed E-state index contributed by atoms with van der Waals surface area (Å²) in [5, 5.41) is 9.59. The smallest absolute Gasteiger partial charge is 0.233 e. The first-order chi connectivity index (χ1) is 11.0. The average molecular weight is 326 g/mol. The van der Waals surface area contributed by atoms with Gasteiger partial charge in [0.05, 0.1) is 6.54 Å². The number of nitrogens with one attached hydrogen (secondary N) is 3. The Morgan fingerprint density at radius 2 is 1.96 bits per heavy atom. The van der Waals surface area contributed by atoms with E-state index in [2.05, 4.69) is 39.7 Å². The van der Waals surface area contributed by atoms with Crippen LogP contribution in [-0.4, -0.2) is 63.1 Å². The largest absolute Gasteiger partial charge is 0.358 e. The molecule has 1 rings (SSSR count). The van der Waals surface area contributed by atoms with E-state index < -0.39 is 0 Å². The van der Waals surface area contributed by atoms with Gasteiger partial charge >= 0.3 is 0 Å². The standard InChI is InChI=1S/C17H35N5O/c1-14(2)7-5-6-10-20-17(19-4)21-15-8-11-22(12-9-15)13-16(23)18-3/h14-15H,5-13H2,1-4H3,(H,18,23)(H2,19,20,21). The fraction of sp³-hybridized carbons (Fsp3) is 0.882. The van der Waals surface area contributed by atoms with Crippen LogP contribution in [0.25, 0.3) is 0 Å². The lowest BCUT2D eigenvalue weighted by molar-refractivity contribution is -0.122. The van der Waals surface area contributed by atoms with Crippen LogP contribution in [0.4, 0.5) is 0 Å². The summed E-state index contributed by atoms with van der Waals surface area (Å²) in [5.41, 5.74) is 0. The zero-order valence-electron chi connectivity index (χ0n) is 15.3. The highest BCUT2D eigenvalue weighted by molar-refractivity contribution is 5.80. The zero-order valence-corrected chi connectivity index (χ0v) is 15.3. The minimum atomic E-state index is 0.0929. The summed E-state index contributed by atoms with van der Waals surface area (Å²) in [4.78, 5) is 17.9. The Labute approximate surface area is 141 Å². The minimum Gasteiger partial charge on any atom is -0.358 e. The molecule has 0 aliphatic carbocycles. The number of rotatable bonds is 8. The van der Waals surface area contributed by atoms with Crippen LogP contribution in [0.15, 0.2) is 4.99 Å². The van der Waals surface area contributed by atoms with E-state index in [1.165, 1.54) is 19.3 Å². The zero-order chi connectivity index (χ0) is 17.1. The van der Waals surface area contributed by atoms with Gasteiger partial charge < -0.3 is 16.0 Å². The highest BCUT2D eigenvalue weighted by Crippen LogP contribution is 2.10. The number of hydrogen-bond donors (Lipinski definition) is 3. The number of aliphatic imine (C=N–C) groups is 1. The number of likely N-dealkylation sites (tertiary alicyclic amines) is 1. The maximum Gasteiger partial charge on any atom is 0.233 e. The third kappa shape index (κ3) is 8.79. The molecule has 1 amide bonds. The summed E-state index contributed by atoms with van der Waals surface area (Å²) < 4.78 is 0. The summed E-state index contributed by atoms with van der Waals surface area (Å²) in [6.45, 7) is 7.93. The third-order valence-corrected chi connectivity index (χ3v) is 4.30. The van der Waals surface area contributed by atoms with Crippen LogP contribution in [0.1, 0.15) is 46.0 Å². The van der Waals surface area contributed by atoms with Crippen LogP contribution in [0.3, 0.4) is 0 Å². The monoisotopic (exact) mass is 325 g/mol. The molecule has 6 heteroatoms. The van der Waals surface area contributed by atoms with Crippen molar-refractivity contribution in [1.82, 2.24) is 20.9 Å². The predicted octanol–water partition coefficient (Wildman–Crippen LogP) is 1.19. The number of unbranched alkanes of at least 4 members (excludes halogenated alkanes) is 1. The lowest BCUT2D eigenvalue weighted by Gasteiger charge is -2.32. The summed E-state index contributed by atoms with van der Waals surface area (Å²) in [6.07, 6.45) is 5.83. The average Bonchev–Trinajstić information content (AvgIpc) is 2.54. The molecule has 1 heterocycles. The molecule has 1 aliphatic heterocycles. The summed E-state index contributed by atoms with van der Waals surface area (Å²) in [6, 6.07) is 0.442. The van der Waals surface area contributed by atoms with Gasteiger partial charge in [0.2, 0.25) is 5.91 Å². The van der Waals surface area contributed by atoms with Crippen LogP contribution >= 0.6 is 0 Å². The van der Waals surface area contributed by atoms with Crippen LogP contribution in [0, 0.1) is 5.92 Å². The van der Waals surface area contributed by atoms with E-state index in [-0.39, 0.29) is 5.91 Å². The molecule has 1 fully saturated rings. The summed E-state index contributed by atoms with van der Waals surface area (Å²) in [7, 11) is 3.51. The Hall–Kier alpha value is -1.30. The fourth-order valence-electron chi connectivity index (χ4n) is 2.79. The molecule has 0 radical (unpaired) electrons. The number of nitrogens with zero attached hydrogens (tertiary/aromatic N) is 2. The Morgan fingerprint density at radius 3 is 2.52 bits per heavy atom. The second-order valence-electron chi connectivity index (χ2n) is 6.76. The van der Waals surface area contributed by atoms with Crippen molar-refractivity contribution in [3.8, 4) is 0 Å². The van der Waals surface area contributed by atoms with E-state index >= 15 is 0 Å². The number of likely N-dealkylation sites (N-methyl/N-ethyl adjacent to an activating group) is 1. The van der Waals surface area contributed by atoms with Crippen molar-refractivity contribution in [1.29, 1.82) is 0 Å². The number of guanidine groups is 1. The van der Waals surface area contributed by atoms with Crippen LogP contribution in [0.2, 0.25) is 0 Å². The Morgan fingerprint density at radius 1 is 1.26 bits per heavy atom. The van der Waals surface area contributed by atoms with Crippen molar-refractivity contribution in [3.05, 3.63) is 0 Å². The van der Waals surface area contributed by atoms with Crippen LogP contribution in [0.5, 0.6) is 0 Å². The second kappa shape index (κ2) is 11.3. The van der Waals surface area contributed by atoms with Gasteiger partial charge in [-0.25, -0.2) is 0 Å². The molecule has 0 aromatic heterocycles. The normalized spacial score (nSPS) is 17.3. The van der Waals surface area contributed by atoms with Gasteiger partial charge in [-0.2, -0.15) is 0 Å². The number of amides is 1. The highest BCUT2D eigenvalue weighted by Gasteiger charge is 2.21. The van der Waals surface area contributed by atoms with Gasteiger partial charge in [0.25, 0.3) is 0 Å². The van der Waals surface area contributed by atoms with Gasteiger partial charge in [0.1, 0.15) is 0 Å². The Bertz CT molecular complexity index is 362. The molecule has 0 saturated carbocycles. The van der Waals surface area contributed by atoms with Crippen molar-refractivity contribution in [2.45, 2.75) is 52.0 Å². The molecule has 0 unspecified atom stereocenters. The topological polar surface area (TPSA) is 68.8 Å². The predicted molar refractivity (Wildman–Crippen MR) is 96.7 cm³/mol. The third-order valence-electron chi connectivity index (χ3n) is 4.30. The molecule has 6 nitrogen and oxygen atoms in total. The maximum atomic E-state index is 11.4. The quantitative estimate of drug-likeness (QED) is 0.356. The van der Waals surface area contributed by atoms with Gasteiger partial charge in [0, 0.05) is 39.8 Å². The molecule has 1 saturated heterocycles. The van der Waals surface area contributed by atoms with Gasteiger partial charge in [-0.1, -0.05) is 26.7 Å². The van der Waals surface area contributed by atoms with E-state index in [9.17, 15) is 4.79 Å². The van der Waals surface area contributed by atoms with E-state index in [4.69, 9.17) is 0 Å². The number of carbonyl (C=O) groups excluding carboxylic acids is 1. The van der Waals surface area contributed by atoms with Crippen molar-refractivity contribution in [2.75, 3.05) is 40.3 Å². The van der Waals surface area contributed by atoms with Crippen molar-refractivity contribution < 1.29 is 4.79 Å². The first-order valence-electron chi connectivity index (χ1n) is 8.95. The minimum absolute atomic E-state index is 0.0929. The molecule has 1 aliphatic rings. The summed E-state index contributed by atoms with van der Waals surface area (Å²) >= 11 is 0. The molecule has 134 valence electrons. The SMILES string of the molecule is CN=C(NCCCCC(C)C)NC1CCN(CC(=O)NC)CC1. The van der Waals surface area contributed by atoms with Gasteiger partial charge in [-0.15, -0.1) is 0 Å². The van der Waals surface area contributed by atoms with Gasteiger partial charge in [-0.3, -0.25) is 14.7 Å². The Kier molecular flexibility index (Phi) is 9.67. The molecule has 23 heavy (non-hydrogen) atoms. The molecular formula is C17H35N5O. The lowest BCUT2D eigenvalue weighted by atomic mass is 10.1. The van der Waals surface area contributed by atoms with E-state index in [1.807, 2.05) is 7.05 Å². The molecule has 0 spiro atoms. The molecular weight excluding hydrogens is 290 g/mol. The molecule has 0 aromatic carbocycles. The fourth-order valence-corrected chi connectivity index (χ4v) is 2.79. The van der Waals surface area contributed by atoms with E-state index in [1.54, 1.807) is 7.05 Å². The molecule has 0 bridgehead atoms. The van der Waals surface area contributed by atoms with E-state index in [0.717, 1.165) is 44.4 Å². The van der Waals surface area contributed by atoms with Crippen molar-refractivity contribution >= 4 is 11.9 Å². The Balaban J connectivity index is 2.18. The summed E-state index contributed by atoms with van der Waals surface area (Å²) in [5.74, 6) is 1.78. The van der Waals surface area contributed by atoms with Crippen LogP contribution in [-0.2, 0) is 4.79 Å². The number of carbonyl (C=O) groups is 1. The molecule has 3 N–H and O–H groups in total. The van der Waals surface area contributed by atoms with E-state index in [0.29, 0.717) is 12.6 Å². The van der Waals surface area contributed by atoms with Crippen molar-refractivity contribution in [3.63, 3.8) is 0 Å². The first-order valence-corrected chi connectivity index (χ1v) is 8.95.